The van der Waals surface area contributed by atoms with Crippen molar-refractivity contribution in [2.45, 2.75) is 12.5 Å². The summed E-state index contributed by atoms with van der Waals surface area (Å²) < 4.78 is 5.79. The summed E-state index contributed by atoms with van der Waals surface area (Å²) in [5, 5.41) is 2.13. The van der Waals surface area contributed by atoms with Crippen LogP contribution >= 0.6 is 0 Å². The van der Waals surface area contributed by atoms with Gasteiger partial charge in [0.1, 0.15) is 5.75 Å². The van der Waals surface area contributed by atoms with Gasteiger partial charge < -0.3 is 15.4 Å². The van der Waals surface area contributed by atoms with Crippen LogP contribution in [0.1, 0.15) is 6.42 Å². The van der Waals surface area contributed by atoms with Crippen molar-refractivity contribution in [2.75, 3.05) is 18.5 Å². The van der Waals surface area contributed by atoms with E-state index in [1.807, 2.05) is 36.4 Å². The Balaban J connectivity index is 2.16. The molecule has 0 fully saturated rings. The molecule has 0 saturated heterocycles. The molecule has 1 unspecified atom stereocenters. The zero-order valence-electron chi connectivity index (χ0n) is 10.8. The van der Waals surface area contributed by atoms with Crippen molar-refractivity contribution in [2.24, 2.45) is 5.73 Å². The smallest absolute Gasteiger partial charge is 0.267 e. The third-order valence-corrected chi connectivity index (χ3v) is 3.50. The van der Waals surface area contributed by atoms with E-state index in [4.69, 9.17) is 10.5 Å². The monoisotopic (exact) mass is 256 g/mol. The topological polar surface area (TPSA) is 55.6 Å². The van der Waals surface area contributed by atoms with Crippen LogP contribution < -0.4 is 15.4 Å². The Morgan fingerprint density at radius 2 is 2.05 bits per heavy atom. The molecule has 0 aliphatic carbocycles. The zero-order valence-corrected chi connectivity index (χ0v) is 10.8. The lowest BCUT2D eigenvalue weighted by molar-refractivity contribution is -0.126. The second-order valence-electron chi connectivity index (χ2n) is 4.71. The van der Waals surface area contributed by atoms with Crippen LogP contribution in [0.4, 0.5) is 5.69 Å². The number of amides is 1. The summed E-state index contributed by atoms with van der Waals surface area (Å²) in [6, 6.07) is 11.9. The van der Waals surface area contributed by atoms with Crippen molar-refractivity contribution in [1.29, 1.82) is 0 Å². The van der Waals surface area contributed by atoms with Crippen molar-refractivity contribution < 1.29 is 9.53 Å². The Kier molecular flexibility index (Phi) is 2.87. The first-order valence-corrected chi connectivity index (χ1v) is 6.38. The maximum absolute atomic E-state index is 12.3. The third kappa shape index (κ3) is 1.85. The number of nitrogens with two attached hydrogens (primary N) is 1. The number of carbonyl (C=O) groups excluding carboxylic acids is 1. The summed E-state index contributed by atoms with van der Waals surface area (Å²) in [4.78, 5) is 13.9. The molecule has 0 saturated carbocycles. The SMILES string of the molecule is CN1C(=O)C(CCN)Oc2ccc3ccccc3c21. The lowest BCUT2D eigenvalue weighted by atomic mass is 10.0. The first-order chi connectivity index (χ1) is 9.22. The number of carbonyl (C=O) groups is 1. The Morgan fingerprint density at radius 1 is 1.26 bits per heavy atom. The van der Waals surface area contributed by atoms with Crippen molar-refractivity contribution in [3.63, 3.8) is 0 Å². The molecule has 0 radical (unpaired) electrons. The molecule has 1 heterocycles. The molecule has 2 aromatic rings. The number of benzene rings is 2. The second kappa shape index (κ2) is 4.55. The molecule has 2 aromatic carbocycles. The number of anilines is 1. The van der Waals surface area contributed by atoms with Gasteiger partial charge in [0, 0.05) is 18.9 Å². The standard InChI is InChI=1S/C15H16N2O2/c1-17-14-11-5-3-2-4-10(11)6-7-12(14)19-13(8-9-16)15(17)18/h2-7,13H,8-9,16H2,1H3. The molecule has 2 N–H and O–H groups in total. The molecule has 1 aliphatic rings. The Hall–Kier alpha value is -2.07. The molecular formula is C15H16N2O2. The van der Waals surface area contributed by atoms with Gasteiger partial charge in [0.15, 0.2) is 6.10 Å². The molecule has 98 valence electrons. The lowest BCUT2D eigenvalue weighted by Crippen LogP contribution is -2.44. The molecule has 0 bridgehead atoms. The van der Waals surface area contributed by atoms with Crippen LogP contribution in [0.25, 0.3) is 10.8 Å². The van der Waals surface area contributed by atoms with Gasteiger partial charge in [-0.3, -0.25) is 4.79 Å². The van der Waals surface area contributed by atoms with Gasteiger partial charge in [-0.25, -0.2) is 0 Å². The number of rotatable bonds is 2. The zero-order chi connectivity index (χ0) is 13.4. The minimum absolute atomic E-state index is 0.0331. The normalized spacial score (nSPS) is 18.3. The summed E-state index contributed by atoms with van der Waals surface area (Å²) in [6.07, 6.45) is 0.0683. The van der Waals surface area contributed by atoms with Gasteiger partial charge in [0.25, 0.3) is 5.91 Å². The van der Waals surface area contributed by atoms with Gasteiger partial charge in [0.2, 0.25) is 0 Å². The summed E-state index contributed by atoms with van der Waals surface area (Å²) >= 11 is 0. The van der Waals surface area contributed by atoms with E-state index in [0.29, 0.717) is 13.0 Å². The quantitative estimate of drug-likeness (QED) is 0.893. The Bertz CT molecular complexity index is 639. The van der Waals surface area contributed by atoms with Gasteiger partial charge in [-0.05, 0) is 18.0 Å². The highest BCUT2D eigenvalue weighted by atomic mass is 16.5. The van der Waals surface area contributed by atoms with Gasteiger partial charge in [-0.1, -0.05) is 30.3 Å². The minimum atomic E-state index is -0.469. The van der Waals surface area contributed by atoms with Gasteiger partial charge in [-0.15, -0.1) is 0 Å². The Morgan fingerprint density at radius 3 is 2.84 bits per heavy atom. The van der Waals surface area contributed by atoms with Crippen molar-refractivity contribution in [3.8, 4) is 5.75 Å². The summed E-state index contributed by atoms with van der Waals surface area (Å²) in [5.74, 6) is 0.716. The summed E-state index contributed by atoms with van der Waals surface area (Å²) in [5.41, 5.74) is 6.37. The second-order valence-corrected chi connectivity index (χ2v) is 4.71. The van der Waals surface area contributed by atoms with E-state index in [-0.39, 0.29) is 5.91 Å². The average Bonchev–Trinajstić information content (AvgIpc) is 2.44. The fourth-order valence-electron chi connectivity index (χ4n) is 2.54. The highest BCUT2D eigenvalue weighted by molar-refractivity contribution is 6.08. The first kappa shape index (κ1) is 12.0. The molecule has 3 rings (SSSR count). The van der Waals surface area contributed by atoms with E-state index in [0.717, 1.165) is 22.2 Å². The van der Waals surface area contributed by atoms with Crippen LogP contribution in [0.3, 0.4) is 0 Å². The summed E-state index contributed by atoms with van der Waals surface area (Å²) in [6.45, 7) is 0.438. The number of hydrogen-bond donors (Lipinski definition) is 1. The molecule has 1 atom stereocenters. The van der Waals surface area contributed by atoms with Gasteiger partial charge >= 0.3 is 0 Å². The van der Waals surface area contributed by atoms with Crippen LogP contribution in [-0.2, 0) is 4.79 Å². The molecule has 0 aromatic heterocycles. The Labute approximate surface area is 111 Å². The highest BCUT2D eigenvalue weighted by Crippen LogP contribution is 2.39. The van der Waals surface area contributed by atoms with Crippen LogP contribution in [0.5, 0.6) is 5.75 Å². The summed E-state index contributed by atoms with van der Waals surface area (Å²) in [7, 11) is 1.79. The first-order valence-electron chi connectivity index (χ1n) is 6.38. The van der Waals surface area contributed by atoms with E-state index < -0.39 is 6.10 Å². The van der Waals surface area contributed by atoms with Crippen molar-refractivity contribution >= 4 is 22.4 Å². The maximum atomic E-state index is 12.3. The molecule has 1 aliphatic heterocycles. The van der Waals surface area contributed by atoms with Crippen LogP contribution in [0.2, 0.25) is 0 Å². The fourth-order valence-corrected chi connectivity index (χ4v) is 2.54. The van der Waals surface area contributed by atoms with E-state index in [9.17, 15) is 4.79 Å². The van der Waals surface area contributed by atoms with Crippen LogP contribution in [0, 0.1) is 0 Å². The predicted molar refractivity (Wildman–Crippen MR) is 75.4 cm³/mol. The molecular weight excluding hydrogens is 240 g/mol. The predicted octanol–water partition coefficient (Wildman–Crippen LogP) is 1.91. The van der Waals surface area contributed by atoms with Crippen LogP contribution in [0.15, 0.2) is 36.4 Å². The maximum Gasteiger partial charge on any atom is 0.267 e. The molecule has 4 nitrogen and oxygen atoms in total. The van der Waals surface area contributed by atoms with E-state index >= 15 is 0 Å². The molecule has 4 heteroatoms. The van der Waals surface area contributed by atoms with Crippen molar-refractivity contribution in [1.82, 2.24) is 0 Å². The number of ether oxygens (including phenoxy) is 1. The third-order valence-electron chi connectivity index (χ3n) is 3.50. The number of fused-ring (bicyclic) bond motifs is 3. The van der Waals surface area contributed by atoms with Crippen molar-refractivity contribution in [3.05, 3.63) is 36.4 Å². The van der Waals surface area contributed by atoms with E-state index in [2.05, 4.69) is 0 Å². The van der Waals surface area contributed by atoms with E-state index in [1.165, 1.54) is 0 Å². The van der Waals surface area contributed by atoms with Gasteiger partial charge in [0.05, 0.1) is 5.69 Å². The minimum Gasteiger partial charge on any atom is -0.478 e. The number of nitrogens with zero attached hydrogens (tertiary/aromatic N) is 1. The van der Waals surface area contributed by atoms with E-state index in [1.54, 1.807) is 11.9 Å². The van der Waals surface area contributed by atoms with Gasteiger partial charge in [-0.2, -0.15) is 0 Å². The highest BCUT2D eigenvalue weighted by Gasteiger charge is 2.32. The number of likely N-dealkylation sites (N-methyl/N-ethyl adjacent to an activating group) is 1. The van der Waals surface area contributed by atoms with Crippen LogP contribution in [-0.4, -0.2) is 25.6 Å². The average molecular weight is 256 g/mol. The number of hydrogen-bond acceptors (Lipinski definition) is 3. The lowest BCUT2D eigenvalue weighted by Gasteiger charge is -2.32. The fraction of sp³-hybridized carbons (Fsp3) is 0.267. The molecule has 19 heavy (non-hydrogen) atoms. The largest absolute Gasteiger partial charge is 0.478 e. The molecule has 0 spiro atoms. The molecule has 1 amide bonds.